The Morgan fingerprint density at radius 2 is 2.17 bits per heavy atom. The van der Waals surface area contributed by atoms with E-state index in [1.165, 1.54) is 0 Å². The molecule has 0 radical (unpaired) electrons. The van der Waals surface area contributed by atoms with Crippen LogP contribution in [0.4, 0.5) is 0 Å². The number of rotatable bonds is 4. The van der Waals surface area contributed by atoms with Crippen molar-refractivity contribution in [2.24, 2.45) is 0 Å². The Hall–Kier alpha value is -2.00. The number of hydrogen-bond acceptors (Lipinski definition) is 6. The van der Waals surface area contributed by atoms with Crippen molar-refractivity contribution in [1.82, 2.24) is 26.3 Å². The van der Waals surface area contributed by atoms with Crippen molar-refractivity contribution in [3.05, 3.63) is 22.7 Å². The van der Waals surface area contributed by atoms with E-state index in [4.69, 9.17) is 16.7 Å². The van der Waals surface area contributed by atoms with E-state index in [1.54, 1.807) is 11.3 Å². The van der Waals surface area contributed by atoms with E-state index in [1.807, 2.05) is 37.6 Å². The van der Waals surface area contributed by atoms with Crippen molar-refractivity contribution >= 4 is 34.6 Å². The third-order valence-corrected chi connectivity index (χ3v) is 3.50. The van der Waals surface area contributed by atoms with Gasteiger partial charge in [-0.15, -0.1) is 0 Å². The van der Waals surface area contributed by atoms with Gasteiger partial charge in [-0.3, -0.25) is 15.6 Å². The van der Waals surface area contributed by atoms with Crippen molar-refractivity contribution in [2.75, 3.05) is 0 Å². The molecule has 2 heterocycles. The lowest BCUT2D eigenvalue weighted by Crippen LogP contribution is -2.52. The second-order valence-corrected chi connectivity index (χ2v) is 7.09. The van der Waals surface area contributed by atoms with Crippen LogP contribution in [0.3, 0.4) is 0 Å². The summed E-state index contributed by atoms with van der Waals surface area (Å²) in [6, 6.07) is 1.92. The van der Waals surface area contributed by atoms with Crippen molar-refractivity contribution in [1.29, 1.82) is 0 Å². The fourth-order valence-electron chi connectivity index (χ4n) is 1.65. The number of nitrogens with one attached hydrogen (secondary N) is 3. The number of thiophene rings is 1. The van der Waals surface area contributed by atoms with Crippen molar-refractivity contribution in [3.63, 3.8) is 0 Å². The molecule has 1 amide bonds. The smallest absolute Gasteiger partial charge is 0.238 e. The van der Waals surface area contributed by atoms with Crippen LogP contribution in [0.5, 0.6) is 0 Å². The predicted molar refractivity (Wildman–Crippen MR) is 92.7 cm³/mol. The maximum Gasteiger partial charge on any atom is 0.238 e. The van der Waals surface area contributed by atoms with Crippen LogP contribution in [0, 0.1) is 0 Å². The Labute approximate surface area is 143 Å². The molecular weight excluding hydrogens is 334 g/mol. The molecule has 2 aromatic rings. The van der Waals surface area contributed by atoms with E-state index in [9.17, 15) is 4.79 Å². The first kappa shape index (κ1) is 17.4. The van der Waals surface area contributed by atoms with Gasteiger partial charge in [0.05, 0.1) is 0 Å². The molecule has 7 nitrogen and oxygen atoms in total. The van der Waals surface area contributed by atoms with Crippen LogP contribution < -0.4 is 16.2 Å². The average molecular weight is 353 g/mol. The summed E-state index contributed by atoms with van der Waals surface area (Å²) in [6.07, 6.45) is 0.584. The Morgan fingerprint density at radius 1 is 1.39 bits per heavy atom. The van der Waals surface area contributed by atoms with Crippen LogP contribution in [0.15, 0.2) is 21.3 Å². The zero-order valence-electron chi connectivity index (χ0n) is 13.2. The highest BCUT2D eigenvalue weighted by Gasteiger charge is 2.13. The third kappa shape index (κ3) is 5.95. The summed E-state index contributed by atoms with van der Waals surface area (Å²) in [5.41, 5.74) is 5.93. The van der Waals surface area contributed by atoms with Crippen LogP contribution in [0.1, 0.15) is 33.1 Å². The fraction of sp³-hybridized carbons (Fsp3) is 0.429. The summed E-state index contributed by atoms with van der Waals surface area (Å²) in [4.78, 5) is 16.0. The number of amides is 1. The molecule has 0 spiro atoms. The number of thiocarbonyl (C=S) groups is 1. The van der Waals surface area contributed by atoms with Gasteiger partial charge >= 0.3 is 0 Å². The summed E-state index contributed by atoms with van der Waals surface area (Å²) < 4.78 is 5.14. The highest BCUT2D eigenvalue weighted by atomic mass is 32.1. The first-order valence-corrected chi connectivity index (χ1v) is 8.41. The number of aryl methyl sites for hydroxylation is 1. The molecule has 124 valence electrons. The van der Waals surface area contributed by atoms with Gasteiger partial charge in [0.1, 0.15) is 0 Å². The quantitative estimate of drug-likeness (QED) is 0.572. The van der Waals surface area contributed by atoms with E-state index in [0.29, 0.717) is 23.2 Å². The number of nitrogens with zero attached hydrogens (tertiary/aromatic N) is 2. The highest BCUT2D eigenvalue weighted by Crippen LogP contribution is 2.18. The van der Waals surface area contributed by atoms with Crippen LogP contribution in [0.2, 0.25) is 0 Å². The molecule has 3 N–H and O–H groups in total. The van der Waals surface area contributed by atoms with Gasteiger partial charge in [-0.05, 0) is 44.4 Å². The van der Waals surface area contributed by atoms with Crippen molar-refractivity contribution in [2.45, 2.75) is 39.2 Å². The summed E-state index contributed by atoms with van der Waals surface area (Å²) in [5.74, 6) is 0.755. The number of hydrogen-bond donors (Lipinski definition) is 3. The van der Waals surface area contributed by atoms with Gasteiger partial charge in [-0.2, -0.15) is 16.3 Å². The average Bonchev–Trinajstić information content (AvgIpc) is 3.11. The van der Waals surface area contributed by atoms with Crippen LogP contribution >= 0.6 is 23.6 Å². The molecule has 0 aromatic carbocycles. The number of aromatic nitrogens is 2. The van der Waals surface area contributed by atoms with Crippen LogP contribution in [-0.4, -0.2) is 26.7 Å². The molecule has 2 aromatic heterocycles. The molecule has 2 rings (SSSR count). The molecule has 0 atom stereocenters. The number of hydrazine groups is 1. The highest BCUT2D eigenvalue weighted by molar-refractivity contribution is 7.80. The minimum absolute atomic E-state index is 0.170. The Balaban J connectivity index is 1.73. The molecule has 9 heteroatoms. The molecule has 23 heavy (non-hydrogen) atoms. The van der Waals surface area contributed by atoms with E-state index in [2.05, 4.69) is 26.3 Å². The second kappa shape index (κ2) is 7.51. The molecule has 0 saturated carbocycles. The van der Waals surface area contributed by atoms with Gasteiger partial charge in [0, 0.05) is 29.3 Å². The normalized spacial score (nSPS) is 11.1. The van der Waals surface area contributed by atoms with Crippen LogP contribution in [-0.2, 0) is 11.2 Å². The molecule has 0 aliphatic rings. The molecule has 0 aliphatic heterocycles. The molecule has 0 saturated heterocycles. The van der Waals surface area contributed by atoms with E-state index < -0.39 is 0 Å². The zero-order valence-corrected chi connectivity index (χ0v) is 14.8. The minimum atomic E-state index is -0.210. The lowest BCUT2D eigenvalue weighted by molar-refractivity contribution is -0.121. The predicted octanol–water partition coefficient (Wildman–Crippen LogP) is 2.02. The van der Waals surface area contributed by atoms with Gasteiger partial charge in [-0.1, -0.05) is 5.16 Å². The van der Waals surface area contributed by atoms with E-state index in [0.717, 1.165) is 5.56 Å². The third-order valence-electron chi connectivity index (χ3n) is 2.62. The Kier molecular flexibility index (Phi) is 5.67. The number of carbonyl (C=O) groups excluding carboxylic acids is 1. The van der Waals surface area contributed by atoms with Crippen molar-refractivity contribution in [3.8, 4) is 11.4 Å². The monoisotopic (exact) mass is 353 g/mol. The topological polar surface area (TPSA) is 92.1 Å². The number of carbonyl (C=O) groups is 1. The molecule has 0 unspecified atom stereocenters. The molecule has 0 bridgehead atoms. The largest absolute Gasteiger partial charge is 0.357 e. The van der Waals surface area contributed by atoms with Crippen molar-refractivity contribution < 1.29 is 9.32 Å². The first-order chi connectivity index (χ1) is 10.8. The van der Waals surface area contributed by atoms with Gasteiger partial charge in [0.2, 0.25) is 17.6 Å². The van der Waals surface area contributed by atoms with E-state index >= 15 is 0 Å². The molecular formula is C14H19N5O2S2. The Bertz CT molecular complexity index is 661. The fourth-order valence-corrected chi connectivity index (χ4v) is 2.64. The maximum absolute atomic E-state index is 11.8. The van der Waals surface area contributed by atoms with Gasteiger partial charge < -0.3 is 9.84 Å². The lowest BCUT2D eigenvalue weighted by atomic mass is 10.1. The standard InChI is InChI=1S/C14H19N5O2S2/c1-14(2,3)16-13(22)18-17-10(20)4-5-11-15-12(19-21-11)9-6-7-23-8-9/h6-8H,4-5H2,1-3H3,(H,17,20)(H2,16,18,22). The Morgan fingerprint density at radius 3 is 2.83 bits per heavy atom. The summed E-state index contributed by atoms with van der Waals surface area (Å²) >= 11 is 6.63. The zero-order chi connectivity index (χ0) is 16.9. The summed E-state index contributed by atoms with van der Waals surface area (Å²) in [7, 11) is 0. The SMILES string of the molecule is CC(C)(C)NC(=S)NNC(=O)CCc1nc(-c2ccsc2)no1. The van der Waals surface area contributed by atoms with Crippen LogP contribution in [0.25, 0.3) is 11.4 Å². The molecule has 0 fully saturated rings. The summed E-state index contributed by atoms with van der Waals surface area (Å²) in [6.45, 7) is 5.93. The van der Waals surface area contributed by atoms with Gasteiger partial charge in [0.15, 0.2) is 5.11 Å². The minimum Gasteiger partial charge on any atom is -0.357 e. The summed E-state index contributed by atoms with van der Waals surface area (Å²) in [5, 5.41) is 11.2. The van der Waals surface area contributed by atoms with Gasteiger partial charge in [0.25, 0.3) is 0 Å². The van der Waals surface area contributed by atoms with E-state index in [-0.39, 0.29) is 17.9 Å². The second-order valence-electron chi connectivity index (χ2n) is 5.90. The van der Waals surface area contributed by atoms with Gasteiger partial charge in [-0.25, -0.2) is 0 Å². The molecule has 0 aliphatic carbocycles. The first-order valence-electron chi connectivity index (χ1n) is 7.05. The maximum atomic E-state index is 11.8. The lowest BCUT2D eigenvalue weighted by Gasteiger charge is -2.23.